The second-order valence-electron chi connectivity index (χ2n) is 4.16. The van der Waals surface area contributed by atoms with Crippen molar-refractivity contribution in [1.82, 2.24) is 19.9 Å². The lowest BCUT2D eigenvalue weighted by Gasteiger charge is -2.14. The fourth-order valence-electron chi connectivity index (χ4n) is 2.26. The van der Waals surface area contributed by atoms with Crippen molar-refractivity contribution in [3.63, 3.8) is 0 Å². The molecule has 5 heteroatoms. The number of pyridine rings is 1. The number of hydrogen-bond donors (Lipinski definition) is 1. The minimum Gasteiger partial charge on any atom is -0.309 e. The number of rotatable bonds is 2. The van der Waals surface area contributed by atoms with Crippen molar-refractivity contribution in [2.75, 3.05) is 6.54 Å². The predicted octanol–water partition coefficient (Wildman–Crippen LogP) is 1.83. The summed E-state index contributed by atoms with van der Waals surface area (Å²) in [6.07, 6.45) is 8.47. The maximum Gasteiger partial charge on any atom is 0.165 e. The Kier molecular flexibility index (Phi) is 2.60. The molecule has 1 aliphatic heterocycles. The summed E-state index contributed by atoms with van der Waals surface area (Å²) in [7, 11) is 0. The molecule has 0 amide bonds. The smallest absolute Gasteiger partial charge is 0.165 e. The molecule has 0 unspecified atom stereocenters. The first-order valence-corrected chi connectivity index (χ1v) is 5.72. The van der Waals surface area contributed by atoms with Gasteiger partial charge in [0.25, 0.3) is 0 Å². The fourth-order valence-corrected chi connectivity index (χ4v) is 2.26. The van der Waals surface area contributed by atoms with E-state index in [4.69, 9.17) is 0 Å². The van der Waals surface area contributed by atoms with Crippen LogP contribution in [0.4, 0.5) is 4.39 Å². The molecule has 1 fully saturated rings. The van der Waals surface area contributed by atoms with Gasteiger partial charge in [-0.05, 0) is 25.5 Å². The van der Waals surface area contributed by atoms with Crippen LogP contribution in [-0.4, -0.2) is 21.1 Å². The molecule has 4 nitrogen and oxygen atoms in total. The van der Waals surface area contributed by atoms with Gasteiger partial charge in [0.15, 0.2) is 5.82 Å². The zero-order chi connectivity index (χ0) is 11.7. The van der Waals surface area contributed by atoms with Crippen molar-refractivity contribution >= 4 is 0 Å². The van der Waals surface area contributed by atoms with Crippen LogP contribution < -0.4 is 5.32 Å². The summed E-state index contributed by atoms with van der Waals surface area (Å²) in [6.45, 7) is 1.01. The van der Waals surface area contributed by atoms with Crippen molar-refractivity contribution in [2.24, 2.45) is 0 Å². The Morgan fingerprint density at radius 1 is 1.35 bits per heavy atom. The van der Waals surface area contributed by atoms with E-state index in [0.29, 0.717) is 5.69 Å². The van der Waals surface area contributed by atoms with E-state index >= 15 is 0 Å². The molecular weight excluding hydrogens is 219 g/mol. The summed E-state index contributed by atoms with van der Waals surface area (Å²) in [6, 6.07) is 1.93. The third-order valence-electron chi connectivity index (χ3n) is 3.10. The lowest BCUT2D eigenvalue weighted by molar-refractivity contribution is 0.587. The monoisotopic (exact) mass is 232 g/mol. The summed E-state index contributed by atoms with van der Waals surface area (Å²) in [5, 5.41) is 3.39. The van der Waals surface area contributed by atoms with E-state index in [1.807, 2.05) is 0 Å². The Morgan fingerprint density at radius 2 is 2.29 bits per heavy atom. The van der Waals surface area contributed by atoms with Gasteiger partial charge in [0.05, 0.1) is 30.1 Å². The first-order valence-electron chi connectivity index (χ1n) is 5.72. The van der Waals surface area contributed by atoms with Gasteiger partial charge in [-0.3, -0.25) is 9.55 Å². The second kappa shape index (κ2) is 4.25. The molecule has 1 atom stereocenters. The molecule has 2 aromatic heterocycles. The number of aromatic nitrogens is 3. The SMILES string of the molecule is Fc1cnccc1-n1cncc1[C@@H]1CCCN1. The normalized spacial score (nSPS) is 19.7. The Balaban J connectivity index is 2.04. The third-order valence-corrected chi connectivity index (χ3v) is 3.10. The number of halogens is 1. The van der Waals surface area contributed by atoms with Crippen LogP contribution in [0.2, 0.25) is 0 Å². The van der Waals surface area contributed by atoms with Crippen LogP contribution in [-0.2, 0) is 0 Å². The first-order chi connectivity index (χ1) is 8.36. The summed E-state index contributed by atoms with van der Waals surface area (Å²) in [4.78, 5) is 7.88. The molecule has 0 aliphatic carbocycles. The molecule has 88 valence electrons. The van der Waals surface area contributed by atoms with E-state index in [-0.39, 0.29) is 11.9 Å². The minimum absolute atomic E-state index is 0.269. The van der Waals surface area contributed by atoms with Crippen molar-refractivity contribution in [2.45, 2.75) is 18.9 Å². The maximum absolute atomic E-state index is 13.7. The lowest BCUT2D eigenvalue weighted by atomic mass is 10.1. The van der Waals surface area contributed by atoms with Gasteiger partial charge in [0, 0.05) is 12.2 Å². The van der Waals surface area contributed by atoms with Crippen LogP contribution in [0.1, 0.15) is 24.6 Å². The number of hydrogen-bond acceptors (Lipinski definition) is 3. The van der Waals surface area contributed by atoms with Gasteiger partial charge in [0.1, 0.15) is 0 Å². The molecule has 3 rings (SSSR count). The predicted molar refractivity (Wildman–Crippen MR) is 61.3 cm³/mol. The highest BCUT2D eigenvalue weighted by Gasteiger charge is 2.21. The second-order valence-corrected chi connectivity index (χ2v) is 4.16. The highest BCUT2D eigenvalue weighted by Crippen LogP contribution is 2.25. The summed E-state index contributed by atoms with van der Waals surface area (Å²) < 4.78 is 15.5. The third kappa shape index (κ3) is 1.82. The number of imidazole rings is 1. The van der Waals surface area contributed by atoms with Crippen LogP contribution in [0, 0.1) is 5.82 Å². The Hall–Kier alpha value is -1.75. The molecule has 0 saturated carbocycles. The Bertz CT molecular complexity index is 517. The topological polar surface area (TPSA) is 42.7 Å². The standard InChI is InChI=1S/C12H13FN4/c13-9-6-14-5-3-11(9)17-8-15-7-12(17)10-2-1-4-16-10/h3,5-8,10,16H,1-2,4H2/t10-/m0/s1. The molecule has 3 heterocycles. The van der Waals surface area contributed by atoms with Crippen LogP contribution in [0.3, 0.4) is 0 Å². The zero-order valence-corrected chi connectivity index (χ0v) is 9.31. The Labute approximate surface area is 98.5 Å². The van der Waals surface area contributed by atoms with Crippen molar-refractivity contribution < 1.29 is 4.39 Å². The Morgan fingerprint density at radius 3 is 3.06 bits per heavy atom. The van der Waals surface area contributed by atoms with Gasteiger partial charge in [-0.1, -0.05) is 0 Å². The molecular formula is C12H13FN4. The molecule has 1 aliphatic rings. The average molecular weight is 232 g/mol. The molecule has 0 aromatic carbocycles. The quantitative estimate of drug-likeness (QED) is 0.859. The van der Waals surface area contributed by atoms with Crippen LogP contribution in [0.25, 0.3) is 5.69 Å². The van der Waals surface area contributed by atoms with Gasteiger partial charge >= 0.3 is 0 Å². The summed E-state index contributed by atoms with van der Waals surface area (Å²) in [5.74, 6) is -0.329. The van der Waals surface area contributed by atoms with Crippen molar-refractivity contribution in [1.29, 1.82) is 0 Å². The zero-order valence-electron chi connectivity index (χ0n) is 9.31. The highest BCUT2D eigenvalue weighted by atomic mass is 19.1. The molecule has 1 saturated heterocycles. The molecule has 1 N–H and O–H groups in total. The van der Waals surface area contributed by atoms with Crippen molar-refractivity contribution in [3.8, 4) is 5.69 Å². The fraction of sp³-hybridized carbons (Fsp3) is 0.333. The van der Waals surface area contributed by atoms with Crippen LogP contribution >= 0.6 is 0 Å². The van der Waals surface area contributed by atoms with E-state index < -0.39 is 0 Å². The average Bonchev–Trinajstić information content (AvgIpc) is 3.00. The van der Waals surface area contributed by atoms with E-state index in [1.54, 1.807) is 29.4 Å². The van der Waals surface area contributed by atoms with Gasteiger partial charge < -0.3 is 5.32 Å². The summed E-state index contributed by atoms with van der Waals surface area (Å²) in [5.41, 5.74) is 1.51. The van der Waals surface area contributed by atoms with E-state index in [1.165, 1.54) is 6.20 Å². The van der Waals surface area contributed by atoms with Gasteiger partial charge in [-0.15, -0.1) is 0 Å². The maximum atomic E-state index is 13.7. The molecule has 2 aromatic rings. The molecule has 0 spiro atoms. The first kappa shape index (κ1) is 10.4. The summed E-state index contributed by atoms with van der Waals surface area (Å²) >= 11 is 0. The lowest BCUT2D eigenvalue weighted by Crippen LogP contribution is -2.16. The number of nitrogens with zero attached hydrogens (tertiary/aromatic N) is 3. The van der Waals surface area contributed by atoms with Crippen LogP contribution in [0.15, 0.2) is 31.0 Å². The van der Waals surface area contributed by atoms with Crippen LogP contribution in [0.5, 0.6) is 0 Å². The highest BCUT2D eigenvalue weighted by molar-refractivity contribution is 5.34. The van der Waals surface area contributed by atoms with Crippen molar-refractivity contribution in [3.05, 3.63) is 42.5 Å². The van der Waals surface area contributed by atoms with E-state index in [0.717, 1.165) is 25.1 Å². The van der Waals surface area contributed by atoms with Gasteiger partial charge in [0.2, 0.25) is 0 Å². The minimum atomic E-state index is -0.329. The van der Waals surface area contributed by atoms with Gasteiger partial charge in [-0.25, -0.2) is 9.37 Å². The number of nitrogens with one attached hydrogen (secondary N) is 1. The molecule has 0 bridgehead atoms. The van der Waals surface area contributed by atoms with E-state index in [9.17, 15) is 4.39 Å². The van der Waals surface area contributed by atoms with Gasteiger partial charge in [-0.2, -0.15) is 0 Å². The molecule has 0 radical (unpaired) electrons. The molecule has 17 heavy (non-hydrogen) atoms. The largest absolute Gasteiger partial charge is 0.309 e. The van der Waals surface area contributed by atoms with E-state index in [2.05, 4.69) is 15.3 Å².